The first-order chi connectivity index (χ1) is 12.2. The number of aryl methyl sites for hydroxylation is 1. The Kier molecular flexibility index (Phi) is 3.82. The number of fused-ring (bicyclic) bond motifs is 1. The molecule has 0 saturated heterocycles. The average Bonchev–Trinajstić information content (AvgIpc) is 3.19. The first-order valence-electron chi connectivity index (χ1n) is 8.07. The van der Waals surface area contributed by atoms with Crippen LogP contribution < -0.4 is 5.32 Å². The fourth-order valence-electron chi connectivity index (χ4n) is 2.98. The van der Waals surface area contributed by atoms with Crippen molar-refractivity contribution in [1.82, 2.24) is 9.72 Å². The van der Waals surface area contributed by atoms with Gasteiger partial charge in [0, 0.05) is 22.7 Å². The highest BCUT2D eigenvalue weighted by Gasteiger charge is 2.14. The van der Waals surface area contributed by atoms with Crippen LogP contribution in [-0.4, -0.2) is 15.6 Å². The maximum atomic E-state index is 12.5. The van der Waals surface area contributed by atoms with Gasteiger partial charge in [-0.1, -0.05) is 53.7 Å². The molecule has 0 aliphatic heterocycles. The second-order valence-electron chi connectivity index (χ2n) is 5.91. The van der Waals surface area contributed by atoms with Gasteiger partial charge in [0.1, 0.15) is 12.3 Å². The number of amides is 1. The van der Waals surface area contributed by atoms with Crippen LogP contribution >= 0.6 is 0 Å². The van der Waals surface area contributed by atoms with E-state index in [9.17, 15) is 4.79 Å². The summed E-state index contributed by atoms with van der Waals surface area (Å²) in [5.74, 6) is 0.943. The Labute approximate surface area is 144 Å². The highest BCUT2D eigenvalue weighted by molar-refractivity contribution is 5.93. The SMILES string of the molecule is Cc1cc(NC(=O)Cn2c(-c3ccccc3)cc3ccccc32)no1. The molecule has 5 heteroatoms. The topological polar surface area (TPSA) is 60.1 Å². The van der Waals surface area contributed by atoms with Gasteiger partial charge < -0.3 is 14.4 Å². The highest BCUT2D eigenvalue weighted by Crippen LogP contribution is 2.28. The van der Waals surface area contributed by atoms with E-state index in [4.69, 9.17) is 4.52 Å². The summed E-state index contributed by atoms with van der Waals surface area (Å²) in [6.07, 6.45) is 0. The Morgan fingerprint density at radius 3 is 2.60 bits per heavy atom. The van der Waals surface area contributed by atoms with E-state index >= 15 is 0 Å². The maximum absolute atomic E-state index is 12.5. The van der Waals surface area contributed by atoms with Gasteiger partial charge in [-0.2, -0.15) is 0 Å². The first-order valence-corrected chi connectivity index (χ1v) is 8.07. The van der Waals surface area contributed by atoms with Gasteiger partial charge in [-0.15, -0.1) is 0 Å². The lowest BCUT2D eigenvalue weighted by molar-refractivity contribution is -0.116. The van der Waals surface area contributed by atoms with Crippen molar-refractivity contribution in [3.8, 4) is 11.3 Å². The molecule has 25 heavy (non-hydrogen) atoms. The standard InChI is InChI=1S/C20H17N3O2/c1-14-11-19(22-25-14)21-20(24)13-23-17-10-6-5-9-16(17)12-18(23)15-7-3-2-4-8-15/h2-12H,13H2,1H3,(H,21,22,24). The minimum absolute atomic E-state index is 0.146. The molecule has 2 aromatic heterocycles. The summed E-state index contributed by atoms with van der Waals surface area (Å²) in [4.78, 5) is 12.5. The van der Waals surface area contributed by atoms with Gasteiger partial charge >= 0.3 is 0 Å². The van der Waals surface area contributed by atoms with Crippen LogP contribution in [0.5, 0.6) is 0 Å². The van der Waals surface area contributed by atoms with Gasteiger partial charge in [0.2, 0.25) is 5.91 Å². The molecule has 0 atom stereocenters. The fraction of sp³-hybridized carbons (Fsp3) is 0.100. The van der Waals surface area contributed by atoms with Gasteiger partial charge in [-0.25, -0.2) is 0 Å². The molecular formula is C20H17N3O2. The second kappa shape index (κ2) is 6.28. The smallest absolute Gasteiger partial charge is 0.245 e. The number of aromatic nitrogens is 2. The Morgan fingerprint density at radius 1 is 1.08 bits per heavy atom. The molecule has 0 aliphatic carbocycles. The zero-order chi connectivity index (χ0) is 17.2. The van der Waals surface area contributed by atoms with E-state index < -0.39 is 0 Å². The third kappa shape index (κ3) is 3.04. The van der Waals surface area contributed by atoms with Crippen LogP contribution in [0.1, 0.15) is 5.76 Å². The molecule has 1 N–H and O–H groups in total. The molecule has 0 aliphatic rings. The van der Waals surface area contributed by atoms with Crippen molar-refractivity contribution in [2.45, 2.75) is 13.5 Å². The second-order valence-corrected chi connectivity index (χ2v) is 5.91. The van der Waals surface area contributed by atoms with Crippen molar-refractivity contribution in [3.05, 3.63) is 72.5 Å². The van der Waals surface area contributed by atoms with Crippen LogP contribution in [0.25, 0.3) is 22.2 Å². The number of rotatable bonds is 4. The molecule has 124 valence electrons. The summed E-state index contributed by atoms with van der Waals surface area (Å²) in [7, 11) is 0. The van der Waals surface area contributed by atoms with Gasteiger partial charge in [0.05, 0.1) is 0 Å². The van der Waals surface area contributed by atoms with Crippen molar-refractivity contribution in [2.24, 2.45) is 0 Å². The average molecular weight is 331 g/mol. The molecule has 0 spiro atoms. The van der Waals surface area contributed by atoms with Gasteiger partial charge in [0.15, 0.2) is 5.82 Å². The summed E-state index contributed by atoms with van der Waals surface area (Å²) in [5, 5.41) is 7.69. The third-order valence-electron chi connectivity index (χ3n) is 4.08. The number of hydrogen-bond acceptors (Lipinski definition) is 3. The molecule has 0 saturated carbocycles. The maximum Gasteiger partial charge on any atom is 0.245 e. The molecule has 1 amide bonds. The lowest BCUT2D eigenvalue weighted by Gasteiger charge is -2.10. The van der Waals surface area contributed by atoms with Crippen LogP contribution in [0, 0.1) is 6.92 Å². The van der Waals surface area contributed by atoms with Crippen molar-refractivity contribution >= 4 is 22.6 Å². The van der Waals surface area contributed by atoms with Gasteiger partial charge in [-0.3, -0.25) is 4.79 Å². The molecular weight excluding hydrogens is 314 g/mol. The summed E-state index contributed by atoms with van der Waals surface area (Å²) in [6.45, 7) is 1.99. The quantitative estimate of drug-likeness (QED) is 0.608. The highest BCUT2D eigenvalue weighted by atomic mass is 16.5. The Morgan fingerprint density at radius 2 is 1.84 bits per heavy atom. The number of carbonyl (C=O) groups is 1. The third-order valence-corrected chi connectivity index (χ3v) is 4.08. The zero-order valence-corrected chi connectivity index (χ0v) is 13.8. The molecule has 0 radical (unpaired) electrons. The van der Waals surface area contributed by atoms with E-state index in [-0.39, 0.29) is 12.5 Å². The van der Waals surface area contributed by atoms with E-state index in [0.717, 1.165) is 22.2 Å². The van der Waals surface area contributed by atoms with Crippen LogP contribution in [0.3, 0.4) is 0 Å². The Bertz CT molecular complexity index is 1030. The minimum Gasteiger partial charge on any atom is -0.360 e. The lowest BCUT2D eigenvalue weighted by atomic mass is 10.1. The molecule has 0 unspecified atom stereocenters. The Hall–Kier alpha value is -3.34. The summed E-state index contributed by atoms with van der Waals surface area (Å²) < 4.78 is 7.01. The number of hydrogen-bond donors (Lipinski definition) is 1. The van der Waals surface area contributed by atoms with Gasteiger partial charge in [-0.05, 0) is 24.6 Å². The van der Waals surface area contributed by atoms with Crippen molar-refractivity contribution < 1.29 is 9.32 Å². The fourth-order valence-corrected chi connectivity index (χ4v) is 2.98. The number of para-hydroxylation sites is 1. The number of carbonyl (C=O) groups excluding carboxylic acids is 1. The molecule has 2 aromatic carbocycles. The van der Waals surface area contributed by atoms with Crippen LogP contribution in [-0.2, 0) is 11.3 Å². The molecule has 4 aromatic rings. The number of nitrogens with one attached hydrogen (secondary N) is 1. The normalized spacial score (nSPS) is 10.9. The monoisotopic (exact) mass is 331 g/mol. The zero-order valence-electron chi connectivity index (χ0n) is 13.8. The largest absolute Gasteiger partial charge is 0.360 e. The number of benzene rings is 2. The number of nitrogens with zero attached hydrogens (tertiary/aromatic N) is 2. The number of anilines is 1. The van der Waals surface area contributed by atoms with Crippen LogP contribution in [0.2, 0.25) is 0 Å². The molecule has 0 fully saturated rings. The first kappa shape index (κ1) is 15.2. The summed E-state index contributed by atoms with van der Waals surface area (Å²) >= 11 is 0. The summed E-state index contributed by atoms with van der Waals surface area (Å²) in [5.41, 5.74) is 3.10. The van der Waals surface area contributed by atoms with E-state index in [2.05, 4.69) is 22.6 Å². The van der Waals surface area contributed by atoms with E-state index in [1.165, 1.54) is 0 Å². The van der Waals surface area contributed by atoms with Crippen LogP contribution in [0.4, 0.5) is 5.82 Å². The molecule has 4 rings (SSSR count). The van der Waals surface area contributed by atoms with Crippen LogP contribution in [0.15, 0.2) is 71.3 Å². The predicted molar refractivity (Wildman–Crippen MR) is 97.2 cm³/mol. The van der Waals surface area contributed by atoms with E-state index in [0.29, 0.717) is 11.6 Å². The molecule has 0 bridgehead atoms. The van der Waals surface area contributed by atoms with E-state index in [1.54, 1.807) is 13.0 Å². The molecule has 2 heterocycles. The Balaban J connectivity index is 1.71. The lowest BCUT2D eigenvalue weighted by Crippen LogP contribution is -2.19. The minimum atomic E-state index is -0.146. The van der Waals surface area contributed by atoms with Crippen molar-refractivity contribution in [1.29, 1.82) is 0 Å². The summed E-state index contributed by atoms with van der Waals surface area (Å²) in [6, 6.07) is 21.9. The van der Waals surface area contributed by atoms with E-state index in [1.807, 2.05) is 53.1 Å². The van der Waals surface area contributed by atoms with Crippen molar-refractivity contribution in [3.63, 3.8) is 0 Å². The van der Waals surface area contributed by atoms with Gasteiger partial charge in [0.25, 0.3) is 0 Å². The van der Waals surface area contributed by atoms with Crippen molar-refractivity contribution in [2.75, 3.05) is 5.32 Å². The predicted octanol–water partition coefficient (Wildman–Crippen LogP) is 4.24. The molecule has 5 nitrogen and oxygen atoms in total.